The summed E-state index contributed by atoms with van der Waals surface area (Å²) in [6.45, 7) is 0. The van der Waals surface area contributed by atoms with Crippen LogP contribution in [-0.2, 0) is 6.42 Å². The number of aryl methyl sites for hydroxylation is 1. The fraction of sp³-hybridized carbons (Fsp3) is 0.333. The molecule has 2 aromatic rings. The van der Waals surface area contributed by atoms with Gasteiger partial charge in [0, 0.05) is 24.0 Å². The van der Waals surface area contributed by atoms with Gasteiger partial charge in [0.15, 0.2) is 0 Å². The van der Waals surface area contributed by atoms with E-state index in [-0.39, 0.29) is 5.92 Å². The Morgan fingerprint density at radius 2 is 2.16 bits per heavy atom. The number of nitrogens with zero attached hydrogens (tertiary/aromatic N) is 2. The minimum atomic E-state index is -0.571. The Hall–Kier alpha value is -1.45. The van der Waals surface area contributed by atoms with Crippen molar-refractivity contribution in [3.05, 3.63) is 58.6 Å². The summed E-state index contributed by atoms with van der Waals surface area (Å²) >= 11 is 5.78. The Balaban J connectivity index is 1.92. The van der Waals surface area contributed by atoms with E-state index in [1.165, 1.54) is 5.56 Å². The van der Waals surface area contributed by atoms with Gasteiger partial charge in [-0.1, -0.05) is 23.7 Å². The maximum Gasteiger partial charge on any atom is 0.129 e. The number of pyridine rings is 2. The lowest BCUT2D eigenvalue weighted by Gasteiger charge is -2.28. The van der Waals surface area contributed by atoms with Gasteiger partial charge in [-0.25, -0.2) is 4.98 Å². The summed E-state index contributed by atoms with van der Waals surface area (Å²) in [5, 5.41) is 11.0. The Kier molecular flexibility index (Phi) is 3.49. The largest absolute Gasteiger partial charge is 0.388 e. The molecule has 2 aromatic heterocycles. The van der Waals surface area contributed by atoms with E-state index in [1.807, 2.05) is 12.1 Å². The molecule has 3 rings (SSSR count). The van der Waals surface area contributed by atoms with E-state index in [2.05, 4.69) is 16.0 Å². The van der Waals surface area contributed by atoms with Gasteiger partial charge in [0.1, 0.15) is 5.15 Å². The standard InChI is InChI=1S/C15H15ClN2O/c16-13-7-6-11(9-18-13)15(19)12-5-1-3-10-4-2-8-17-14(10)12/h2,4,6-9,12,15,19H,1,3,5H2. The molecule has 0 aromatic carbocycles. The van der Waals surface area contributed by atoms with E-state index in [4.69, 9.17) is 11.6 Å². The second-order valence-corrected chi connectivity index (χ2v) is 5.29. The van der Waals surface area contributed by atoms with Crippen molar-refractivity contribution in [1.29, 1.82) is 0 Å². The number of fused-ring (bicyclic) bond motifs is 1. The maximum atomic E-state index is 10.6. The topological polar surface area (TPSA) is 46.0 Å². The molecule has 0 aliphatic heterocycles. The molecule has 0 bridgehead atoms. The van der Waals surface area contributed by atoms with Gasteiger partial charge in [-0.3, -0.25) is 4.98 Å². The van der Waals surface area contributed by atoms with Gasteiger partial charge in [0.05, 0.1) is 6.10 Å². The first kappa shape index (κ1) is 12.6. The monoisotopic (exact) mass is 274 g/mol. The number of hydrogen-bond donors (Lipinski definition) is 1. The van der Waals surface area contributed by atoms with Gasteiger partial charge in [-0.15, -0.1) is 0 Å². The highest BCUT2D eigenvalue weighted by Gasteiger charge is 2.28. The van der Waals surface area contributed by atoms with Crippen LogP contribution in [0.5, 0.6) is 0 Å². The van der Waals surface area contributed by atoms with E-state index in [0.29, 0.717) is 5.15 Å². The highest BCUT2D eigenvalue weighted by Crippen LogP contribution is 2.38. The first-order valence-electron chi connectivity index (χ1n) is 6.49. The molecule has 0 radical (unpaired) electrons. The van der Waals surface area contributed by atoms with Crippen LogP contribution < -0.4 is 0 Å². The molecule has 1 aliphatic rings. The SMILES string of the molecule is OC(c1ccc(Cl)nc1)C1CCCc2cccnc21. The molecule has 0 fully saturated rings. The van der Waals surface area contributed by atoms with Crippen LogP contribution in [0, 0.1) is 0 Å². The highest BCUT2D eigenvalue weighted by atomic mass is 35.5. The number of rotatable bonds is 2. The number of aliphatic hydroxyl groups excluding tert-OH is 1. The van der Waals surface area contributed by atoms with Crippen LogP contribution in [0.15, 0.2) is 36.7 Å². The zero-order valence-corrected chi connectivity index (χ0v) is 11.2. The third-order valence-corrected chi connectivity index (χ3v) is 3.94. The lowest BCUT2D eigenvalue weighted by molar-refractivity contribution is 0.133. The van der Waals surface area contributed by atoms with Gasteiger partial charge in [-0.2, -0.15) is 0 Å². The second-order valence-electron chi connectivity index (χ2n) is 4.91. The molecular weight excluding hydrogens is 260 g/mol. The summed E-state index contributed by atoms with van der Waals surface area (Å²) in [5.74, 6) is 0.0490. The van der Waals surface area contributed by atoms with Crippen molar-refractivity contribution in [2.45, 2.75) is 31.3 Å². The van der Waals surface area contributed by atoms with Crippen molar-refractivity contribution in [1.82, 2.24) is 9.97 Å². The summed E-state index contributed by atoms with van der Waals surface area (Å²) in [4.78, 5) is 8.49. The van der Waals surface area contributed by atoms with Crippen molar-refractivity contribution in [3.8, 4) is 0 Å². The number of aliphatic hydroxyl groups is 1. The summed E-state index contributed by atoms with van der Waals surface area (Å²) in [6, 6.07) is 7.60. The molecule has 1 N–H and O–H groups in total. The van der Waals surface area contributed by atoms with E-state index in [9.17, 15) is 5.11 Å². The van der Waals surface area contributed by atoms with Crippen LogP contribution in [0.1, 0.15) is 41.7 Å². The van der Waals surface area contributed by atoms with Crippen LogP contribution in [0.2, 0.25) is 5.15 Å². The number of hydrogen-bond acceptors (Lipinski definition) is 3. The molecule has 2 heterocycles. The summed E-state index contributed by atoms with van der Waals surface area (Å²) in [7, 11) is 0. The third kappa shape index (κ3) is 2.48. The normalized spacial score (nSPS) is 19.8. The lowest BCUT2D eigenvalue weighted by Crippen LogP contribution is -2.18. The summed E-state index contributed by atoms with van der Waals surface area (Å²) in [6.07, 6.45) is 5.95. The average Bonchev–Trinajstić information content (AvgIpc) is 2.47. The Morgan fingerprint density at radius 3 is 2.95 bits per heavy atom. The minimum absolute atomic E-state index is 0.0490. The Bertz CT molecular complexity index is 571. The van der Waals surface area contributed by atoms with Crippen molar-refractivity contribution >= 4 is 11.6 Å². The van der Waals surface area contributed by atoms with Gasteiger partial charge in [-0.05, 0) is 42.5 Å². The quantitative estimate of drug-likeness (QED) is 0.855. The zero-order chi connectivity index (χ0) is 13.2. The van der Waals surface area contributed by atoms with Crippen molar-refractivity contribution in [2.75, 3.05) is 0 Å². The summed E-state index contributed by atoms with van der Waals surface area (Å²) < 4.78 is 0. The van der Waals surface area contributed by atoms with Crippen LogP contribution in [0.25, 0.3) is 0 Å². The van der Waals surface area contributed by atoms with E-state index >= 15 is 0 Å². The van der Waals surface area contributed by atoms with E-state index < -0.39 is 6.10 Å². The third-order valence-electron chi connectivity index (χ3n) is 3.71. The molecule has 2 atom stereocenters. The first-order chi connectivity index (χ1) is 9.25. The average molecular weight is 275 g/mol. The lowest BCUT2D eigenvalue weighted by atomic mass is 9.81. The van der Waals surface area contributed by atoms with Crippen LogP contribution in [0.4, 0.5) is 0 Å². The zero-order valence-electron chi connectivity index (χ0n) is 10.5. The molecular formula is C15H15ClN2O. The molecule has 0 amide bonds. The van der Waals surface area contributed by atoms with Gasteiger partial charge in [0.25, 0.3) is 0 Å². The molecule has 0 saturated heterocycles. The first-order valence-corrected chi connectivity index (χ1v) is 6.87. The second kappa shape index (κ2) is 5.27. The predicted octanol–water partition coefficient (Wildman–Crippen LogP) is 3.28. The van der Waals surface area contributed by atoms with Crippen LogP contribution >= 0.6 is 11.6 Å². The number of halogens is 1. The Morgan fingerprint density at radius 1 is 1.26 bits per heavy atom. The minimum Gasteiger partial charge on any atom is -0.388 e. The fourth-order valence-corrected chi connectivity index (χ4v) is 2.86. The molecule has 98 valence electrons. The molecule has 1 aliphatic carbocycles. The molecule has 0 saturated carbocycles. The smallest absolute Gasteiger partial charge is 0.129 e. The molecule has 0 spiro atoms. The van der Waals surface area contributed by atoms with Crippen molar-refractivity contribution in [2.24, 2.45) is 0 Å². The summed E-state index contributed by atoms with van der Waals surface area (Å²) in [5.41, 5.74) is 3.07. The molecule has 2 unspecified atom stereocenters. The van der Waals surface area contributed by atoms with Crippen LogP contribution in [-0.4, -0.2) is 15.1 Å². The van der Waals surface area contributed by atoms with Crippen molar-refractivity contribution in [3.63, 3.8) is 0 Å². The molecule has 19 heavy (non-hydrogen) atoms. The van der Waals surface area contributed by atoms with E-state index in [0.717, 1.165) is 30.5 Å². The van der Waals surface area contributed by atoms with E-state index in [1.54, 1.807) is 18.5 Å². The predicted molar refractivity (Wildman–Crippen MR) is 74.1 cm³/mol. The fourth-order valence-electron chi connectivity index (χ4n) is 2.75. The van der Waals surface area contributed by atoms with Gasteiger partial charge < -0.3 is 5.11 Å². The number of aromatic nitrogens is 2. The maximum absolute atomic E-state index is 10.6. The van der Waals surface area contributed by atoms with Gasteiger partial charge in [0.2, 0.25) is 0 Å². The van der Waals surface area contributed by atoms with Crippen LogP contribution in [0.3, 0.4) is 0 Å². The molecule has 4 heteroatoms. The highest BCUT2D eigenvalue weighted by molar-refractivity contribution is 6.29. The van der Waals surface area contributed by atoms with Crippen molar-refractivity contribution < 1.29 is 5.11 Å². The molecule has 3 nitrogen and oxygen atoms in total. The van der Waals surface area contributed by atoms with Gasteiger partial charge >= 0.3 is 0 Å². The Labute approximate surface area is 117 Å².